The molecule has 0 saturated heterocycles. The van der Waals surface area contributed by atoms with E-state index in [0.29, 0.717) is 6.42 Å². The number of aryl methyl sites for hydroxylation is 1. The second-order valence-electron chi connectivity index (χ2n) is 4.96. The van der Waals surface area contributed by atoms with Crippen LogP contribution in [0.2, 0.25) is 0 Å². The van der Waals surface area contributed by atoms with Crippen molar-refractivity contribution in [3.63, 3.8) is 0 Å². The molecule has 0 aromatic heterocycles. The van der Waals surface area contributed by atoms with E-state index in [9.17, 15) is 9.36 Å². The van der Waals surface area contributed by atoms with Crippen molar-refractivity contribution >= 4 is 13.6 Å². The molecular formula is C16H25O7P. The lowest BCUT2D eigenvalue weighted by molar-refractivity contribution is -0.163. The van der Waals surface area contributed by atoms with E-state index in [2.05, 4.69) is 0 Å². The molecule has 1 N–H and O–H groups in total. The SMILES string of the molecule is CCOP(=O)(OCC)C(CCc1ccc(C(=O)O)cc1)(OC)OC. The van der Waals surface area contributed by atoms with Gasteiger partial charge in [0.25, 0.3) is 5.53 Å². The van der Waals surface area contributed by atoms with Gasteiger partial charge in [0.05, 0.1) is 18.8 Å². The highest BCUT2D eigenvalue weighted by molar-refractivity contribution is 7.55. The molecule has 0 fully saturated rings. The van der Waals surface area contributed by atoms with E-state index in [1.54, 1.807) is 26.0 Å². The third kappa shape index (κ3) is 4.65. The van der Waals surface area contributed by atoms with Crippen molar-refractivity contribution in [1.82, 2.24) is 0 Å². The fourth-order valence-electron chi connectivity index (χ4n) is 2.34. The van der Waals surface area contributed by atoms with Gasteiger partial charge in [-0.3, -0.25) is 4.57 Å². The first-order chi connectivity index (χ1) is 11.4. The van der Waals surface area contributed by atoms with Gasteiger partial charge in [-0.05, 0) is 38.0 Å². The smallest absolute Gasteiger partial charge is 0.389 e. The molecule has 0 saturated carbocycles. The zero-order chi connectivity index (χ0) is 18.2. The highest BCUT2D eigenvalue weighted by atomic mass is 31.2. The van der Waals surface area contributed by atoms with Crippen LogP contribution in [0.5, 0.6) is 0 Å². The van der Waals surface area contributed by atoms with Gasteiger partial charge in [-0.1, -0.05) is 12.1 Å². The number of rotatable bonds is 11. The van der Waals surface area contributed by atoms with E-state index < -0.39 is 19.1 Å². The highest BCUT2D eigenvalue weighted by Gasteiger charge is 2.52. The van der Waals surface area contributed by atoms with E-state index in [1.165, 1.54) is 26.4 Å². The summed E-state index contributed by atoms with van der Waals surface area (Å²) in [7, 11) is -0.880. The summed E-state index contributed by atoms with van der Waals surface area (Å²) in [6.07, 6.45) is 0.676. The van der Waals surface area contributed by atoms with Crippen LogP contribution in [0.25, 0.3) is 0 Å². The molecule has 1 aromatic rings. The fourth-order valence-corrected chi connectivity index (χ4v) is 4.32. The summed E-state index contributed by atoms with van der Waals surface area (Å²) in [5.41, 5.74) is -0.458. The molecule has 0 spiro atoms. The van der Waals surface area contributed by atoms with Crippen LogP contribution >= 0.6 is 7.60 Å². The summed E-state index contributed by atoms with van der Waals surface area (Å²) in [6, 6.07) is 6.44. The summed E-state index contributed by atoms with van der Waals surface area (Å²) in [6.45, 7) is 3.82. The van der Waals surface area contributed by atoms with Crippen LogP contribution in [-0.4, -0.2) is 44.0 Å². The Kier molecular flexibility index (Phi) is 8.06. The number of hydrogen-bond donors (Lipinski definition) is 1. The van der Waals surface area contributed by atoms with Crippen molar-refractivity contribution in [3.8, 4) is 0 Å². The number of carboxylic acids is 1. The molecule has 1 rings (SSSR count). The maximum atomic E-state index is 13.1. The molecule has 0 atom stereocenters. The van der Waals surface area contributed by atoms with Crippen LogP contribution in [0, 0.1) is 0 Å². The number of methoxy groups -OCH3 is 2. The summed E-state index contributed by atoms with van der Waals surface area (Å²) in [5.74, 6) is -0.984. The highest BCUT2D eigenvalue weighted by Crippen LogP contribution is 2.62. The van der Waals surface area contributed by atoms with E-state index in [1.807, 2.05) is 0 Å². The number of hydrogen-bond acceptors (Lipinski definition) is 6. The average Bonchev–Trinajstić information content (AvgIpc) is 2.57. The minimum absolute atomic E-state index is 0.194. The molecule has 8 heteroatoms. The molecule has 136 valence electrons. The van der Waals surface area contributed by atoms with Crippen molar-refractivity contribution in [2.75, 3.05) is 27.4 Å². The molecule has 1 aromatic carbocycles. The lowest BCUT2D eigenvalue weighted by Gasteiger charge is -2.36. The van der Waals surface area contributed by atoms with Crippen molar-refractivity contribution < 1.29 is 33.0 Å². The maximum Gasteiger partial charge on any atom is 0.389 e. The number of ether oxygens (including phenoxy) is 2. The van der Waals surface area contributed by atoms with Crippen LogP contribution in [0.4, 0.5) is 0 Å². The molecule has 0 radical (unpaired) electrons. The van der Waals surface area contributed by atoms with E-state index in [0.717, 1.165) is 5.56 Å². The Balaban J connectivity index is 2.98. The zero-order valence-electron chi connectivity index (χ0n) is 14.5. The summed E-state index contributed by atoms with van der Waals surface area (Å²) < 4.78 is 34.6. The van der Waals surface area contributed by atoms with Gasteiger partial charge in [-0.25, -0.2) is 4.79 Å². The van der Waals surface area contributed by atoms with Gasteiger partial charge in [-0.15, -0.1) is 0 Å². The first-order valence-corrected chi connectivity index (χ1v) is 9.24. The van der Waals surface area contributed by atoms with Crippen LogP contribution in [0.15, 0.2) is 24.3 Å². The monoisotopic (exact) mass is 360 g/mol. The first kappa shape index (κ1) is 20.8. The average molecular weight is 360 g/mol. The quantitative estimate of drug-likeness (QED) is 0.477. The number of carbonyl (C=O) groups is 1. The molecule has 0 aliphatic rings. The minimum Gasteiger partial charge on any atom is -0.478 e. The van der Waals surface area contributed by atoms with Gasteiger partial charge in [0, 0.05) is 20.6 Å². The van der Waals surface area contributed by atoms with Crippen LogP contribution in [0.3, 0.4) is 0 Å². The van der Waals surface area contributed by atoms with Gasteiger partial charge < -0.3 is 23.6 Å². The van der Waals surface area contributed by atoms with Crippen molar-refractivity contribution in [2.24, 2.45) is 0 Å². The van der Waals surface area contributed by atoms with Gasteiger partial charge in [0.15, 0.2) is 0 Å². The van der Waals surface area contributed by atoms with E-state index in [4.69, 9.17) is 23.6 Å². The van der Waals surface area contributed by atoms with Gasteiger partial charge in [0.2, 0.25) is 0 Å². The predicted octanol–water partition coefficient (Wildman–Crippen LogP) is 3.53. The minimum atomic E-state index is -3.66. The van der Waals surface area contributed by atoms with Gasteiger partial charge in [-0.2, -0.15) is 0 Å². The van der Waals surface area contributed by atoms with Crippen LogP contribution < -0.4 is 0 Å². The lowest BCUT2D eigenvalue weighted by atomic mass is 10.1. The Morgan fingerprint density at radius 1 is 1.08 bits per heavy atom. The Labute approximate surface area is 142 Å². The van der Waals surface area contributed by atoms with E-state index >= 15 is 0 Å². The summed E-state index contributed by atoms with van der Waals surface area (Å²) in [4.78, 5) is 10.9. The normalized spacial score (nSPS) is 12.3. The maximum absolute atomic E-state index is 13.1. The molecule has 0 bridgehead atoms. The topological polar surface area (TPSA) is 91.3 Å². The molecule has 0 heterocycles. The molecule has 0 aliphatic carbocycles. The van der Waals surface area contributed by atoms with E-state index in [-0.39, 0.29) is 25.2 Å². The van der Waals surface area contributed by atoms with Crippen LogP contribution in [-0.2, 0) is 29.5 Å². The van der Waals surface area contributed by atoms with Crippen LogP contribution in [0.1, 0.15) is 36.2 Å². The Morgan fingerprint density at radius 2 is 1.58 bits per heavy atom. The Hall–Kier alpha value is -1.24. The largest absolute Gasteiger partial charge is 0.478 e. The summed E-state index contributed by atoms with van der Waals surface area (Å²) >= 11 is 0. The lowest BCUT2D eigenvalue weighted by Crippen LogP contribution is -2.36. The zero-order valence-corrected chi connectivity index (χ0v) is 15.4. The third-order valence-corrected chi connectivity index (χ3v) is 6.20. The van der Waals surface area contributed by atoms with Gasteiger partial charge in [0.1, 0.15) is 0 Å². The Bertz CT molecular complexity index is 556. The summed E-state index contributed by atoms with van der Waals surface area (Å²) in [5, 5.41) is 8.93. The second kappa shape index (κ2) is 9.30. The second-order valence-corrected chi connectivity index (χ2v) is 7.15. The molecule has 0 aliphatic heterocycles. The molecule has 24 heavy (non-hydrogen) atoms. The number of carboxylic acid groups (broad SMARTS) is 1. The molecule has 0 unspecified atom stereocenters. The molecule has 0 amide bonds. The Morgan fingerprint density at radius 3 is 1.96 bits per heavy atom. The third-order valence-electron chi connectivity index (χ3n) is 3.58. The van der Waals surface area contributed by atoms with Crippen molar-refractivity contribution in [1.29, 1.82) is 0 Å². The molecule has 7 nitrogen and oxygen atoms in total. The number of benzene rings is 1. The number of aromatic carboxylic acids is 1. The van der Waals surface area contributed by atoms with Gasteiger partial charge >= 0.3 is 13.6 Å². The molecular weight excluding hydrogens is 335 g/mol. The fraction of sp³-hybridized carbons (Fsp3) is 0.562. The standard InChI is InChI=1S/C16H25O7P/c1-5-22-24(19,23-6-2)16(20-3,21-4)12-11-13-7-9-14(10-8-13)15(17)18/h7-10H,5-6,11-12H2,1-4H3,(H,17,18). The first-order valence-electron chi connectivity index (χ1n) is 7.69. The van der Waals surface area contributed by atoms with Crippen molar-refractivity contribution in [2.45, 2.75) is 32.2 Å². The predicted molar refractivity (Wildman–Crippen MR) is 89.3 cm³/mol. The van der Waals surface area contributed by atoms with Crippen molar-refractivity contribution in [3.05, 3.63) is 35.4 Å².